The molecule has 96 valence electrons. The van der Waals surface area contributed by atoms with Crippen LogP contribution in [0.2, 0.25) is 5.02 Å². The van der Waals surface area contributed by atoms with Crippen LogP contribution >= 0.6 is 11.6 Å². The summed E-state index contributed by atoms with van der Waals surface area (Å²) in [6.07, 6.45) is 1.59. The molecule has 0 amide bonds. The Kier molecular flexibility index (Phi) is 4.20. The number of rotatable bonds is 5. The van der Waals surface area contributed by atoms with Crippen molar-refractivity contribution in [2.24, 2.45) is 12.5 Å². The van der Waals surface area contributed by atoms with E-state index in [0.717, 1.165) is 11.4 Å². The molecule has 1 aromatic rings. The van der Waals surface area contributed by atoms with Gasteiger partial charge in [0.05, 0.1) is 21.8 Å². The fourth-order valence-electron chi connectivity index (χ4n) is 2.07. The van der Waals surface area contributed by atoms with Gasteiger partial charge in [-0.05, 0) is 19.8 Å². The molecule has 1 aromatic heterocycles. The zero-order chi connectivity index (χ0) is 13.2. The first-order chi connectivity index (χ1) is 7.88. The quantitative estimate of drug-likeness (QED) is 0.884. The van der Waals surface area contributed by atoms with Crippen molar-refractivity contribution >= 4 is 17.6 Å². The Hall–Kier alpha value is -1.03. The van der Waals surface area contributed by atoms with Gasteiger partial charge in [-0.25, -0.2) is 0 Å². The third-order valence-electron chi connectivity index (χ3n) is 3.57. The lowest BCUT2D eigenvalue weighted by atomic mass is 9.78. The number of aliphatic carboxylic acids is 1. The smallest absolute Gasteiger partial charge is 0.310 e. The van der Waals surface area contributed by atoms with Gasteiger partial charge in [-0.1, -0.05) is 25.4 Å². The van der Waals surface area contributed by atoms with E-state index in [1.807, 2.05) is 20.8 Å². The highest BCUT2D eigenvalue weighted by Gasteiger charge is 2.36. The largest absolute Gasteiger partial charge is 0.481 e. The first-order valence-corrected chi connectivity index (χ1v) is 6.17. The molecular formula is C12H19ClN2O2. The number of hydrogen-bond donors (Lipinski definition) is 1. The molecule has 5 heteroatoms. The van der Waals surface area contributed by atoms with Crippen LogP contribution in [0.5, 0.6) is 0 Å². The molecule has 0 saturated carbocycles. The maximum Gasteiger partial charge on any atom is 0.310 e. The van der Waals surface area contributed by atoms with Crippen LogP contribution in [0.4, 0.5) is 0 Å². The van der Waals surface area contributed by atoms with E-state index in [9.17, 15) is 9.90 Å². The van der Waals surface area contributed by atoms with Crippen molar-refractivity contribution < 1.29 is 9.90 Å². The molecule has 0 aromatic carbocycles. The Morgan fingerprint density at radius 3 is 2.29 bits per heavy atom. The van der Waals surface area contributed by atoms with Gasteiger partial charge in [-0.3, -0.25) is 9.48 Å². The zero-order valence-electron chi connectivity index (χ0n) is 10.7. The highest BCUT2D eigenvalue weighted by Crippen LogP contribution is 2.34. The van der Waals surface area contributed by atoms with Crippen LogP contribution in [0, 0.1) is 12.3 Å². The van der Waals surface area contributed by atoms with Gasteiger partial charge in [-0.2, -0.15) is 5.10 Å². The molecule has 0 spiro atoms. The van der Waals surface area contributed by atoms with E-state index < -0.39 is 11.4 Å². The van der Waals surface area contributed by atoms with Gasteiger partial charge in [0, 0.05) is 13.5 Å². The Morgan fingerprint density at radius 1 is 1.47 bits per heavy atom. The standard InChI is InChI=1S/C12H19ClN2O2/c1-5-12(6-2,11(16)17)7-9-10(13)8(3)14-15(9)4/h5-7H2,1-4H3,(H,16,17). The summed E-state index contributed by atoms with van der Waals surface area (Å²) in [5, 5.41) is 14.2. The minimum absolute atomic E-state index is 0.422. The normalized spacial score (nSPS) is 11.8. The van der Waals surface area contributed by atoms with E-state index in [4.69, 9.17) is 11.6 Å². The number of carbonyl (C=O) groups is 1. The predicted octanol–water partition coefficient (Wildman–Crippen LogP) is 2.82. The molecule has 0 radical (unpaired) electrons. The summed E-state index contributed by atoms with van der Waals surface area (Å²) in [6, 6.07) is 0. The van der Waals surface area contributed by atoms with Crippen LogP contribution in [-0.2, 0) is 18.3 Å². The SMILES string of the molecule is CCC(CC)(Cc1c(Cl)c(C)nn1C)C(=O)O. The molecule has 1 heterocycles. The summed E-state index contributed by atoms with van der Waals surface area (Å²) < 4.78 is 1.68. The lowest BCUT2D eigenvalue weighted by molar-refractivity contribution is -0.149. The summed E-state index contributed by atoms with van der Waals surface area (Å²) in [5.41, 5.74) is 0.801. The molecule has 0 aliphatic heterocycles. The third-order valence-corrected chi connectivity index (χ3v) is 4.07. The first-order valence-electron chi connectivity index (χ1n) is 5.79. The second-order valence-electron chi connectivity index (χ2n) is 4.44. The number of hydrogen-bond acceptors (Lipinski definition) is 2. The molecule has 1 rings (SSSR count). The van der Waals surface area contributed by atoms with Gasteiger partial charge < -0.3 is 5.11 Å². The minimum Gasteiger partial charge on any atom is -0.481 e. The van der Waals surface area contributed by atoms with Crippen molar-refractivity contribution in [1.29, 1.82) is 0 Å². The summed E-state index contributed by atoms with van der Waals surface area (Å²) >= 11 is 6.16. The molecular weight excluding hydrogens is 240 g/mol. The van der Waals surface area contributed by atoms with E-state index in [2.05, 4.69) is 5.10 Å². The number of aromatic nitrogens is 2. The van der Waals surface area contributed by atoms with Crippen LogP contribution in [0.1, 0.15) is 38.1 Å². The van der Waals surface area contributed by atoms with E-state index in [0.29, 0.717) is 24.3 Å². The van der Waals surface area contributed by atoms with Crippen LogP contribution in [0.15, 0.2) is 0 Å². The number of nitrogens with zero attached hydrogens (tertiary/aromatic N) is 2. The summed E-state index contributed by atoms with van der Waals surface area (Å²) in [4.78, 5) is 11.4. The second kappa shape index (κ2) is 5.08. The summed E-state index contributed by atoms with van der Waals surface area (Å²) in [5.74, 6) is -0.766. The zero-order valence-corrected chi connectivity index (χ0v) is 11.5. The van der Waals surface area contributed by atoms with Crippen molar-refractivity contribution in [3.8, 4) is 0 Å². The first kappa shape index (κ1) is 14.0. The average Bonchev–Trinajstić information content (AvgIpc) is 2.51. The van der Waals surface area contributed by atoms with Gasteiger partial charge in [-0.15, -0.1) is 0 Å². The molecule has 0 saturated heterocycles. The van der Waals surface area contributed by atoms with Gasteiger partial charge in [0.1, 0.15) is 0 Å². The number of halogens is 1. The number of carboxylic acid groups (broad SMARTS) is 1. The fraction of sp³-hybridized carbons (Fsp3) is 0.667. The maximum atomic E-state index is 11.4. The molecule has 17 heavy (non-hydrogen) atoms. The Morgan fingerprint density at radius 2 is 2.00 bits per heavy atom. The molecule has 0 fully saturated rings. The third kappa shape index (κ3) is 2.46. The fourth-order valence-corrected chi connectivity index (χ4v) is 2.30. The topological polar surface area (TPSA) is 55.1 Å². The lowest BCUT2D eigenvalue weighted by Crippen LogP contribution is -2.33. The van der Waals surface area contributed by atoms with Crippen LogP contribution in [0.25, 0.3) is 0 Å². The van der Waals surface area contributed by atoms with E-state index in [1.165, 1.54) is 0 Å². The average molecular weight is 259 g/mol. The number of carboxylic acids is 1. The lowest BCUT2D eigenvalue weighted by Gasteiger charge is -2.26. The van der Waals surface area contributed by atoms with E-state index in [1.54, 1.807) is 11.7 Å². The van der Waals surface area contributed by atoms with Gasteiger partial charge in [0.25, 0.3) is 0 Å². The highest BCUT2D eigenvalue weighted by molar-refractivity contribution is 6.31. The minimum atomic E-state index is -0.766. The molecule has 1 N–H and O–H groups in total. The molecule has 0 bridgehead atoms. The van der Waals surface area contributed by atoms with Gasteiger partial charge >= 0.3 is 5.97 Å². The monoisotopic (exact) mass is 258 g/mol. The van der Waals surface area contributed by atoms with Gasteiger partial charge in [0.2, 0.25) is 0 Å². The molecule has 4 nitrogen and oxygen atoms in total. The van der Waals surface area contributed by atoms with Gasteiger partial charge in [0.15, 0.2) is 0 Å². The predicted molar refractivity (Wildman–Crippen MR) is 67.3 cm³/mol. The summed E-state index contributed by atoms with van der Waals surface area (Å²) in [6.45, 7) is 5.62. The Bertz CT molecular complexity index is 422. The van der Waals surface area contributed by atoms with Crippen molar-refractivity contribution in [2.45, 2.75) is 40.0 Å². The van der Waals surface area contributed by atoms with Crippen LogP contribution in [0.3, 0.4) is 0 Å². The second-order valence-corrected chi connectivity index (χ2v) is 4.82. The van der Waals surface area contributed by atoms with Crippen LogP contribution in [-0.4, -0.2) is 20.9 Å². The van der Waals surface area contributed by atoms with Crippen molar-refractivity contribution in [3.05, 3.63) is 16.4 Å². The van der Waals surface area contributed by atoms with E-state index >= 15 is 0 Å². The molecule has 0 atom stereocenters. The molecule has 0 aliphatic rings. The Labute approximate surface area is 107 Å². The van der Waals surface area contributed by atoms with Crippen molar-refractivity contribution in [2.75, 3.05) is 0 Å². The summed E-state index contributed by atoms with van der Waals surface area (Å²) in [7, 11) is 1.80. The number of aryl methyl sites for hydroxylation is 2. The molecule has 0 aliphatic carbocycles. The van der Waals surface area contributed by atoms with Crippen molar-refractivity contribution in [1.82, 2.24) is 9.78 Å². The maximum absolute atomic E-state index is 11.4. The Balaban J connectivity index is 3.14. The van der Waals surface area contributed by atoms with Crippen LogP contribution < -0.4 is 0 Å². The molecule has 0 unspecified atom stereocenters. The van der Waals surface area contributed by atoms with Crippen molar-refractivity contribution in [3.63, 3.8) is 0 Å². The highest BCUT2D eigenvalue weighted by atomic mass is 35.5. The van der Waals surface area contributed by atoms with E-state index in [-0.39, 0.29) is 0 Å².